The predicted octanol–water partition coefficient (Wildman–Crippen LogP) is 4.55. The number of hydrogen-bond donors (Lipinski definition) is 0. The maximum Gasteiger partial charge on any atom is 0.363 e. The van der Waals surface area contributed by atoms with Gasteiger partial charge in [-0.3, -0.25) is 9.59 Å². The van der Waals surface area contributed by atoms with E-state index >= 15 is 0 Å². The van der Waals surface area contributed by atoms with E-state index in [2.05, 4.69) is 4.99 Å². The average Bonchev–Trinajstić information content (AvgIpc) is 3.16. The molecule has 0 spiro atoms. The summed E-state index contributed by atoms with van der Waals surface area (Å²) >= 11 is 0. The van der Waals surface area contributed by atoms with Gasteiger partial charge in [0.25, 0.3) is 0 Å². The molecule has 7 nitrogen and oxygen atoms in total. The summed E-state index contributed by atoms with van der Waals surface area (Å²) in [6.07, 6.45) is 1.50. The second-order valence-corrected chi connectivity index (χ2v) is 7.17. The Morgan fingerprint density at radius 2 is 1.39 bits per heavy atom. The van der Waals surface area contributed by atoms with E-state index < -0.39 is 17.9 Å². The Morgan fingerprint density at radius 3 is 2.06 bits per heavy atom. The van der Waals surface area contributed by atoms with Gasteiger partial charge < -0.3 is 14.2 Å². The number of carbonyl (C=O) groups excluding carboxylic acids is 3. The van der Waals surface area contributed by atoms with Crippen LogP contribution in [0.3, 0.4) is 0 Å². The molecule has 33 heavy (non-hydrogen) atoms. The number of cyclic esters (lactones) is 1. The smallest absolute Gasteiger partial charge is 0.363 e. The maximum atomic E-state index is 12.4. The number of ether oxygens (including phenoxy) is 3. The van der Waals surface area contributed by atoms with Gasteiger partial charge in [-0.25, -0.2) is 9.79 Å². The monoisotopic (exact) mass is 441 g/mol. The Balaban J connectivity index is 1.60. The van der Waals surface area contributed by atoms with Gasteiger partial charge in [0.05, 0.1) is 0 Å². The van der Waals surface area contributed by atoms with Gasteiger partial charge in [-0.1, -0.05) is 48.5 Å². The van der Waals surface area contributed by atoms with Gasteiger partial charge in [0.2, 0.25) is 5.90 Å². The van der Waals surface area contributed by atoms with E-state index in [-0.39, 0.29) is 23.1 Å². The van der Waals surface area contributed by atoms with Crippen molar-refractivity contribution in [2.24, 2.45) is 4.99 Å². The van der Waals surface area contributed by atoms with Gasteiger partial charge in [0.1, 0.15) is 0 Å². The van der Waals surface area contributed by atoms with Crippen molar-refractivity contribution in [2.45, 2.75) is 13.8 Å². The Bertz CT molecular complexity index is 1290. The molecule has 0 fully saturated rings. The third kappa shape index (κ3) is 5.22. The molecular formula is C26H19NO6. The van der Waals surface area contributed by atoms with E-state index in [1.54, 1.807) is 6.07 Å². The third-order valence-corrected chi connectivity index (χ3v) is 4.64. The minimum absolute atomic E-state index is 0.0547. The zero-order valence-corrected chi connectivity index (χ0v) is 17.9. The molecule has 0 saturated carbocycles. The van der Waals surface area contributed by atoms with Crippen LogP contribution < -0.4 is 9.47 Å². The van der Waals surface area contributed by atoms with Gasteiger partial charge >= 0.3 is 17.9 Å². The molecule has 0 saturated heterocycles. The third-order valence-electron chi connectivity index (χ3n) is 4.64. The summed E-state index contributed by atoms with van der Waals surface area (Å²) in [5, 5.41) is 0. The molecule has 0 unspecified atom stereocenters. The number of rotatable bonds is 5. The van der Waals surface area contributed by atoms with Crippen molar-refractivity contribution in [1.29, 1.82) is 0 Å². The minimum Gasteiger partial charge on any atom is -0.423 e. The van der Waals surface area contributed by atoms with Crippen LogP contribution in [0.5, 0.6) is 11.5 Å². The summed E-state index contributed by atoms with van der Waals surface area (Å²) in [5.41, 5.74) is 3.38. The van der Waals surface area contributed by atoms with Crippen molar-refractivity contribution in [3.63, 3.8) is 0 Å². The van der Waals surface area contributed by atoms with Crippen LogP contribution in [0, 0.1) is 0 Å². The van der Waals surface area contributed by atoms with Crippen molar-refractivity contribution < 1.29 is 28.6 Å². The van der Waals surface area contributed by atoms with Crippen molar-refractivity contribution >= 4 is 29.9 Å². The lowest BCUT2D eigenvalue weighted by atomic mass is 10.0. The van der Waals surface area contributed by atoms with Crippen LogP contribution >= 0.6 is 0 Å². The fourth-order valence-electron chi connectivity index (χ4n) is 3.21. The number of nitrogens with zero attached hydrogens (tertiary/aromatic N) is 1. The van der Waals surface area contributed by atoms with Gasteiger partial charge in [-0.05, 0) is 47.0 Å². The van der Waals surface area contributed by atoms with Gasteiger partial charge in [0, 0.05) is 19.4 Å². The highest BCUT2D eigenvalue weighted by molar-refractivity contribution is 6.13. The Kier molecular flexibility index (Phi) is 6.13. The lowest BCUT2D eigenvalue weighted by Crippen LogP contribution is -2.07. The average molecular weight is 441 g/mol. The van der Waals surface area contributed by atoms with Crippen molar-refractivity contribution in [3.8, 4) is 22.6 Å². The summed E-state index contributed by atoms with van der Waals surface area (Å²) in [6.45, 7) is 2.47. The first kappa shape index (κ1) is 21.7. The van der Waals surface area contributed by atoms with E-state index in [9.17, 15) is 14.4 Å². The summed E-state index contributed by atoms with van der Waals surface area (Å²) < 4.78 is 15.5. The SMILES string of the molecule is CC(=O)Oc1ccc(C=C2N=C(c3ccc(-c4ccccc4)cc3)OC2=O)cc1OC(C)=O. The molecule has 164 valence electrons. The molecule has 4 rings (SSSR count). The topological polar surface area (TPSA) is 91.3 Å². The molecule has 0 aliphatic carbocycles. The van der Waals surface area contributed by atoms with E-state index in [1.807, 2.05) is 54.6 Å². The van der Waals surface area contributed by atoms with Crippen molar-refractivity contribution in [3.05, 3.63) is 89.6 Å². The molecule has 0 aromatic heterocycles. The molecule has 0 atom stereocenters. The second-order valence-electron chi connectivity index (χ2n) is 7.17. The molecule has 1 aliphatic rings. The molecule has 0 bridgehead atoms. The number of hydrogen-bond acceptors (Lipinski definition) is 7. The van der Waals surface area contributed by atoms with Crippen LogP contribution in [-0.4, -0.2) is 23.8 Å². The number of carbonyl (C=O) groups is 3. The first-order valence-corrected chi connectivity index (χ1v) is 10.1. The molecule has 1 aliphatic heterocycles. The van der Waals surface area contributed by atoms with Gasteiger partial charge in [-0.2, -0.15) is 0 Å². The Morgan fingerprint density at radius 1 is 0.788 bits per heavy atom. The quantitative estimate of drug-likeness (QED) is 0.328. The molecule has 3 aromatic carbocycles. The van der Waals surface area contributed by atoms with E-state index in [0.29, 0.717) is 11.1 Å². The molecule has 0 amide bonds. The fraction of sp³-hybridized carbons (Fsp3) is 0.0769. The normalized spacial score (nSPS) is 13.9. The minimum atomic E-state index is -0.602. The highest BCUT2D eigenvalue weighted by Crippen LogP contribution is 2.30. The maximum absolute atomic E-state index is 12.4. The van der Waals surface area contributed by atoms with E-state index in [0.717, 1.165) is 11.1 Å². The van der Waals surface area contributed by atoms with Crippen LogP contribution in [0.15, 0.2) is 83.5 Å². The van der Waals surface area contributed by atoms with Crippen molar-refractivity contribution in [1.82, 2.24) is 0 Å². The molecule has 0 N–H and O–H groups in total. The van der Waals surface area contributed by atoms with E-state index in [1.165, 1.54) is 32.1 Å². The predicted molar refractivity (Wildman–Crippen MR) is 122 cm³/mol. The second kappa shape index (κ2) is 9.32. The largest absolute Gasteiger partial charge is 0.423 e. The standard InChI is InChI=1S/C26H19NO6/c1-16(28)31-23-13-8-18(15-24(23)32-17(2)29)14-22-26(30)33-25(27-22)21-11-9-20(10-12-21)19-6-4-3-5-7-19/h3-15H,1-2H3. The van der Waals surface area contributed by atoms with Gasteiger partial charge in [-0.15, -0.1) is 0 Å². The summed E-state index contributed by atoms with van der Waals surface area (Å²) in [4.78, 5) is 39.4. The number of aliphatic imine (C=N–C) groups is 1. The first-order valence-electron chi connectivity index (χ1n) is 10.1. The molecular weight excluding hydrogens is 422 g/mol. The zero-order valence-electron chi connectivity index (χ0n) is 17.9. The molecule has 1 heterocycles. The Hall–Kier alpha value is -4.52. The van der Waals surface area contributed by atoms with Crippen LogP contribution in [-0.2, 0) is 19.1 Å². The molecule has 0 radical (unpaired) electrons. The van der Waals surface area contributed by atoms with Crippen molar-refractivity contribution in [2.75, 3.05) is 0 Å². The zero-order chi connectivity index (χ0) is 23.4. The van der Waals surface area contributed by atoms with Crippen LogP contribution in [0.2, 0.25) is 0 Å². The lowest BCUT2D eigenvalue weighted by molar-refractivity contribution is -0.134. The Labute approximate surface area is 189 Å². The summed E-state index contributed by atoms with van der Waals surface area (Å²) in [5.74, 6) is -1.39. The number of benzene rings is 3. The highest BCUT2D eigenvalue weighted by atomic mass is 16.6. The number of esters is 3. The summed E-state index contributed by atoms with van der Waals surface area (Å²) in [7, 11) is 0. The first-order chi connectivity index (χ1) is 15.9. The lowest BCUT2D eigenvalue weighted by Gasteiger charge is -2.09. The van der Waals surface area contributed by atoms with Gasteiger partial charge in [0.15, 0.2) is 17.2 Å². The van der Waals surface area contributed by atoms with Crippen LogP contribution in [0.1, 0.15) is 25.0 Å². The summed E-state index contributed by atoms with van der Waals surface area (Å²) in [6, 6.07) is 22.0. The molecule has 7 heteroatoms. The van der Waals surface area contributed by atoms with Crippen LogP contribution in [0.25, 0.3) is 17.2 Å². The van der Waals surface area contributed by atoms with E-state index in [4.69, 9.17) is 14.2 Å². The fourth-order valence-corrected chi connectivity index (χ4v) is 3.21. The highest BCUT2D eigenvalue weighted by Gasteiger charge is 2.24. The molecule has 3 aromatic rings. The van der Waals surface area contributed by atoms with Crippen LogP contribution in [0.4, 0.5) is 0 Å².